The van der Waals surface area contributed by atoms with E-state index < -0.39 is 0 Å². The van der Waals surface area contributed by atoms with Crippen LogP contribution in [0, 0.1) is 6.92 Å². The molecule has 5 heteroatoms. The Labute approximate surface area is 128 Å². The number of halogens is 1. The number of aryl methyl sites for hydroxylation is 1. The fraction of sp³-hybridized carbons (Fsp3) is 0.125. The molecular weight excluding hydrogens is 288 g/mol. The normalized spacial score (nSPS) is 10.0. The standard InChI is InChI=1S/C16H15ClN2O2/c1-10-3-6-14(9-15(10)17)19-16(21)12-4-7-13(8-5-12)18-11(2)20/h3-9H,1-2H3,(H,18,20)(H,19,21). The highest BCUT2D eigenvalue weighted by molar-refractivity contribution is 6.31. The van der Waals surface area contributed by atoms with E-state index in [1.54, 1.807) is 36.4 Å². The molecule has 0 saturated carbocycles. The predicted molar refractivity (Wildman–Crippen MR) is 84.9 cm³/mol. The van der Waals surface area contributed by atoms with Crippen molar-refractivity contribution < 1.29 is 9.59 Å². The minimum atomic E-state index is -0.232. The predicted octanol–water partition coefficient (Wildman–Crippen LogP) is 3.86. The molecule has 0 spiro atoms. The molecule has 0 bridgehead atoms. The van der Waals surface area contributed by atoms with E-state index in [1.807, 2.05) is 13.0 Å². The molecule has 21 heavy (non-hydrogen) atoms. The van der Waals surface area contributed by atoms with Gasteiger partial charge >= 0.3 is 0 Å². The van der Waals surface area contributed by atoms with Crippen molar-refractivity contribution in [1.82, 2.24) is 0 Å². The van der Waals surface area contributed by atoms with Gasteiger partial charge in [0.2, 0.25) is 5.91 Å². The molecule has 2 aromatic carbocycles. The molecule has 0 aliphatic rings. The number of carbonyl (C=O) groups excluding carboxylic acids is 2. The minimum Gasteiger partial charge on any atom is -0.326 e. The van der Waals surface area contributed by atoms with Crippen molar-refractivity contribution >= 4 is 34.8 Å². The van der Waals surface area contributed by atoms with Crippen molar-refractivity contribution in [2.75, 3.05) is 10.6 Å². The third-order valence-electron chi connectivity index (χ3n) is 2.90. The van der Waals surface area contributed by atoms with E-state index in [0.717, 1.165) is 5.56 Å². The summed E-state index contributed by atoms with van der Waals surface area (Å²) < 4.78 is 0. The lowest BCUT2D eigenvalue weighted by atomic mass is 10.1. The van der Waals surface area contributed by atoms with E-state index in [2.05, 4.69) is 10.6 Å². The second-order valence-electron chi connectivity index (χ2n) is 4.68. The Morgan fingerprint density at radius 2 is 1.57 bits per heavy atom. The molecule has 0 heterocycles. The number of amides is 2. The van der Waals surface area contributed by atoms with Crippen molar-refractivity contribution in [2.24, 2.45) is 0 Å². The molecular formula is C16H15ClN2O2. The van der Waals surface area contributed by atoms with Gasteiger partial charge in [0.05, 0.1) is 0 Å². The first-order valence-electron chi connectivity index (χ1n) is 6.41. The maximum atomic E-state index is 12.1. The Hall–Kier alpha value is -2.33. The van der Waals surface area contributed by atoms with Gasteiger partial charge in [0.15, 0.2) is 0 Å². The van der Waals surface area contributed by atoms with Gasteiger partial charge in [0.25, 0.3) is 5.91 Å². The molecule has 108 valence electrons. The van der Waals surface area contributed by atoms with E-state index in [4.69, 9.17) is 11.6 Å². The van der Waals surface area contributed by atoms with Crippen LogP contribution in [0.5, 0.6) is 0 Å². The molecule has 0 unspecified atom stereocenters. The van der Waals surface area contributed by atoms with Gasteiger partial charge in [-0.2, -0.15) is 0 Å². The highest BCUT2D eigenvalue weighted by Crippen LogP contribution is 2.20. The van der Waals surface area contributed by atoms with Crippen molar-refractivity contribution in [3.63, 3.8) is 0 Å². The Balaban J connectivity index is 2.09. The molecule has 2 amide bonds. The van der Waals surface area contributed by atoms with Crippen LogP contribution in [0.3, 0.4) is 0 Å². The average Bonchev–Trinajstić information content (AvgIpc) is 2.43. The fourth-order valence-corrected chi connectivity index (χ4v) is 1.96. The highest BCUT2D eigenvalue weighted by Gasteiger charge is 2.07. The van der Waals surface area contributed by atoms with Crippen LogP contribution in [0.25, 0.3) is 0 Å². The zero-order valence-electron chi connectivity index (χ0n) is 11.7. The zero-order valence-corrected chi connectivity index (χ0v) is 12.5. The van der Waals surface area contributed by atoms with Crippen LogP contribution < -0.4 is 10.6 Å². The first-order valence-corrected chi connectivity index (χ1v) is 6.78. The SMILES string of the molecule is CC(=O)Nc1ccc(C(=O)Nc2ccc(C)c(Cl)c2)cc1. The molecule has 0 saturated heterocycles. The second-order valence-corrected chi connectivity index (χ2v) is 5.08. The third kappa shape index (κ3) is 4.07. The summed E-state index contributed by atoms with van der Waals surface area (Å²) in [5, 5.41) is 6.03. The largest absolute Gasteiger partial charge is 0.326 e. The van der Waals surface area contributed by atoms with Crippen LogP contribution in [-0.4, -0.2) is 11.8 Å². The molecule has 0 aliphatic heterocycles. The molecule has 4 nitrogen and oxygen atoms in total. The third-order valence-corrected chi connectivity index (χ3v) is 3.30. The van der Waals surface area contributed by atoms with Crippen LogP contribution in [-0.2, 0) is 4.79 Å². The van der Waals surface area contributed by atoms with Crippen LogP contribution >= 0.6 is 11.6 Å². The van der Waals surface area contributed by atoms with Gasteiger partial charge in [0.1, 0.15) is 0 Å². The van der Waals surface area contributed by atoms with Gasteiger partial charge in [-0.15, -0.1) is 0 Å². The Bertz CT molecular complexity index is 681. The number of carbonyl (C=O) groups is 2. The van der Waals surface area contributed by atoms with E-state index in [0.29, 0.717) is 22.0 Å². The zero-order chi connectivity index (χ0) is 15.4. The number of hydrogen-bond donors (Lipinski definition) is 2. The van der Waals surface area contributed by atoms with Gasteiger partial charge < -0.3 is 10.6 Å². The Morgan fingerprint density at radius 1 is 0.952 bits per heavy atom. The van der Waals surface area contributed by atoms with Crippen LogP contribution in [0.1, 0.15) is 22.8 Å². The first-order chi connectivity index (χ1) is 9.95. The number of nitrogens with one attached hydrogen (secondary N) is 2. The topological polar surface area (TPSA) is 58.2 Å². The monoisotopic (exact) mass is 302 g/mol. The summed E-state index contributed by atoms with van der Waals surface area (Å²) in [6.45, 7) is 3.33. The summed E-state index contributed by atoms with van der Waals surface area (Å²) >= 11 is 6.02. The lowest BCUT2D eigenvalue weighted by molar-refractivity contribution is -0.114. The molecule has 0 atom stereocenters. The Kier molecular flexibility index (Phi) is 4.60. The maximum Gasteiger partial charge on any atom is 0.255 e. The quantitative estimate of drug-likeness (QED) is 0.904. The molecule has 0 radical (unpaired) electrons. The summed E-state index contributed by atoms with van der Waals surface area (Å²) in [6.07, 6.45) is 0. The van der Waals surface area contributed by atoms with Gasteiger partial charge in [0, 0.05) is 28.9 Å². The first kappa shape index (κ1) is 15.1. The van der Waals surface area contributed by atoms with Crippen LogP contribution in [0.15, 0.2) is 42.5 Å². The number of anilines is 2. The summed E-state index contributed by atoms with van der Waals surface area (Å²) in [6, 6.07) is 12.0. The van der Waals surface area contributed by atoms with E-state index >= 15 is 0 Å². The smallest absolute Gasteiger partial charge is 0.255 e. The summed E-state index contributed by atoms with van der Waals surface area (Å²) in [4.78, 5) is 23.0. The maximum absolute atomic E-state index is 12.1. The number of benzene rings is 2. The lowest BCUT2D eigenvalue weighted by Gasteiger charge is -2.08. The molecule has 0 aromatic heterocycles. The molecule has 2 rings (SSSR count). The summed E-state index contributed by atoms with van der Waals surface area (Å²) in [5.74, 6) is -0.384. The van der Waals surface area contributed by atoms with Crippen LogP contribution in [0.4, 0.5) is 11.4 Å². The van der Waals surface area contributed by atoms with E-state index in [9.17, 15) is 9.59 Å². The summed E-state index contributed by atoms with van der Waals surface area (Å²) in [5.41, 5.74) is 2.74. The van der Waals surface area contributed by atoms with Crippen molar-refractivity contribution in [3.05, 3.63) is 58.6 Å². The lowest BCUT2D eigenvalue weighted by Crippen LogP contribution is -2.12. The second kappa shape index (κ2) is 6.41. The van der Waals surface area contributed by atoms with Crippen molar-refractivity contribution in [3.8, 4) is 0 Å². The number of hydrogen-bond acceptors (Lipinski definition) is 2. The minimum absolute atomic E-state index is 0.151. The van der Waals surface area contributed by atoms with E-state index in [1.165, 1.54) is 6.92 Å². The number of rotatable bonds is 3. The molecule has 0 fully saturated rings. The van der Waals surface area contributed by atoms with Gasteiger partial charge in [-0.05, 0) is 48.9 Å². The summed E-state index contributed by atoms with van der Waals surface area (Å²) in [7, 11) is 0. The van der Waals surface area contributed by atoms with Crippen LogP contribution in [0.2, 0.25) is 5.02 Å². The average molecular weight is 303 g/mol. The van der Waals surface area contributed by atoms with Crippen molar-refractivity contribution in [1.29, 1.82) is 0 Å². The van der Waals surface area contributed by atoms with Crippen molar-refractivity contribution in [2.45, 2.75) is 13.8 Å². The Morgan fingerprint density at radius 3 is 2.14 bits per heavy atom. The molecule has 0 aliphatic carbocycles. The molecule has 2 aromatic rings. The fourth-order valence-electron chi connectivity index (χ4n) is 1.78. The van der Waals surface area contributed by atoms with E-state index in [-0.39, 0.29) is 11.8 Å². The molecule has 2 N–H and O–H groups in total. The van der Waals surface area contributed by atoms with Gasteiger partial charge in [-0.25, -0.2) is 0 Å². The van der Waals surface area contributed by atoms with Gasteiger partial charge in [-0.3, -0.25) is 9.59 Å². The van der Waals surface area contributed by atoms with Gasteiger partial charge in [-0.1, -0.05) is 17.7 Å². The highest BCUT2D eigenvalue weighted by atomic mass is 35.5.